The highest BCUT2D eigenvalue weighted by Gasteiger charge is 2.17. The standard InChI is InChI=1S/C15H20O5/c1-2-3-8-18-15(17)7-5-12(16)11-4-6-13-14(9-11)20-10-19-13/h4,6,9,12,16H,2-3,5,7-8,10H2,1H3. The average molecular weight is 280 g/mol. The maximum Gasteiger partial charge on any atom is 0.305 e. The Bertz CT molecular complexity index is 458. The predicted molar refractivity (Wildman–Crippen MR) is 72.6 cm³/mol. The number of ether oxygens (including phenoxy) is 3. The molecule has 1 unspecified atom stereocenters. The number of hydrogen-bond donors (Lipinski definition) is 1. The van der Waals surface area contributed by atoms with Gasteiger partial charge in [0.25, 0.3) is 0 Å². The second-order valence-corrected chi connectivity index (χ2v) is 4.74. The minimum Gasteiger partial charge on any atom is -0.466 e. The fourth-order valence-electron chi connectivity index (χ4n) is 1.94. The van der Waals surface area contributed by atoms with E-state index in [0.717, 1.165) is 18.4 Å². The molecule has 5 heteroatoms. The molecular weight excluding hydrogens is 260 g/mol. The van der Waals surface area contributed by atoms with Crippen molar-refractivity contribution in [2.24, 2.45) is 0 Å². The molecule has 0 spiro atoms. The van der Waals surface area contributed by atoms with Gasteiger partial charge in [-0.05, 0) is 30.5 Å². The van der Waals surface area contributed by atoms with Crippen LogP contribution in [0, 0.1) is 0 Å². The zero-order valence-corrected chi connectivity index (χ0v) is 11.6. The fraction of sp³-hybridized carbons (Fsp3) is 0.533. The van der Waals surface area contributed by atoms with Crippen LogP contribution in [-0.4, -0.2) is 24.5 Å². The Morgan fingerprint density at radius 1 is 1.40 bits per heavy atom. The Kier molecular flexibility index (Phi) is 5.24. The molecule has 0 aliphatic carbocycles. The van der Waals surface area contributed by atoms with Crippen LogP contribution < -0.4 is 9.47 Å². The van der Waals surface area contributed by atoms with Gasteiger partial charge in [-0.25, -0.2) is 0 Å². The van der Waals surface area contributed by atoms with Gasteiger partial charge in [-0.3, -0.25) is 4.79 Å². The third-order valence-electron chi connectivity index (χ3n) is 3.16. The lowest BCUT2D eigenvalue weighted by Gasteiger charge is -2.11. The van der Waals surface area contributed by atoms with Crippen molar-refractivity contribution in [3.63, 3.8) is 0 Å². The second kappa shape index (κ2) is 7.14. The second-order valence-electron chi connectivity index (χ2n) is 4.74. The molecule has 1 aliphatic rings. The first-order valence-electron chi connectivity index (χ1n) is 6.94. The van der Waals surface area contributed by atoms with Crippen molar-refractivity contribution in [2.45, 2.75) is 38.7 Å². The summed E-state index contributed by atoms with van der Waals surface area (Å²) in [4.78, 5) is 11.5. The van der Waals surface area contributed by atoms with Crippen LogP contribution in [0.3, 0.4) is 0 Å². The number of hydrogen-bond acceptors (Lipinski definition) is 5. The van der Waals surface area contributed by atoms with Crippen molar-refractivity contribution in [2.75, 3.05) is 13.4 Å². The summed E-state index contributed by atoms with van der Waals surface area (Å²) in [5, 5.41) is 10.1. The highest BCUT2D eigenvalue weighted by atomic mass is 16.7. The van der Waals surface area contributed by atoms with Crippen LogP contribution in [0.2, 0.25) is 0 Å². The third kappa shape index (κ3) is 3.87. The van der Waals surface area contributed by atoms with Crippen LogP contribution in [0.4, 0.5) is 0 Å². The molecule has 1 heterocycles. The van der Waals surface area contributed by atoms with Crippen molar-refractivity contribution in [3.8, 4) is 11.5 Å². The van der Waals surface area contributed by atoms with Crippen molar-refractivity contribution in [3.05, 3.63) is 23.8 Å². The van der Waals surface area contributed by atoms with Crippen LogP contribution in [0.5, 0.6) is 11.5 Å². The van der Waals surface area contributed by atoms with Crippen LogP contribution in [-0.2, 0) is 9.53 Å². The number of carbonyl (C=O) groups excluding carboxylic acids is 1. The van der Waals surface area contributed by atoms with E-state index >= 15 is 0 Å². The molecule has 1 aromatic rings. The van der Waals surface area contributed by atoms with Crippen molar-refractivity contribution in [1.29, 1.82) is 0 Å². The van der Waals surface area contributed by atoms with Gasteiger partial charge in [-0.2, -0.15) is 0 Å². The summed E-state index contributed by atoms with van der Waals surface area (Å²) >= 11 is 0. The number of aliphatic hydroxyl groups is 1. The molecule has 0 fully saturated rings. The van der Waals surface area contributed by atoms with Crippen LogP contribution >= 0.6 is 0 Å². The number of carbonyl (C=O) groups is 1. The Morgan fingerprint density at radius 2 is 2.20 bits per heavy atom. The van der Waals surface area contributed by atoms with Gasteiger partial charge in [-0.15, -0.1) is 0 Å². The molecule has 1 atom stereocenters. The van der Waals surface area contributed by atoms with E-state index in [1.165, 1.54) is 0 Å². The van der Waals surface area contributed by atoms with Gasteiger partial charge in [0, 0.05) is 6.42 Å². The number of esters is 1. The number of rotatable bonds is 7. The van der Waals surface area contributed by atoms with E-state index in [1.807, 2.05) is 6.92 Å². The fourth-order valence-corrected chi connectivity index (χ4v) is 1.94. The van der Waals surface area contributed by atoms with Gasteiger partial charge in [0.05, 0.1) is 12.7 Å². The summed E-state index contributed by atoms with van der Waals surface area (Å²) in [7, 11) is 0. The Morgan fingerprint density at radius 3 is 3.00 bits per heavy atom. The van der Waals surface area contributed by atoms with Crippen LogP contribution in [0.15, 0.2) is 18.2 Å². The van der Waals surface area contributed by atoms with Crippen molar-refractivity contribution < 1.29 is 24.1 Å². The number of aliphatic hydroxyl groups excluding tert-OH is 1. The lowest BCUT2D eigenvalue weighted by molar-refractivity contribution is -0.144. The van der Waals surface area contributed by atoms with Gasteiger partial charge < -0.3 is 19.3 Å². The molecule has 1 aliphatic heterocycles. The summed E-state index contributed by atoms with van der Waals surface area (Å²) in [6.07, 6.45) is 1.70. The molecule has 0 radical (unpaired) electrons. The topological polar surface area (TPSA) is 65.0 Å². The Balaban J connectivity index is 1.80. The Hall–Kier alpha value is -1.75. The maximum absolute atomic E-state index is 11.5. The molecule has 0 amide bonds. The quantitative estimate of drug-likeness (QED) is 0.614. The number of unbranched alkanes of at least 4 members (excludes halogenated alkanes) is 1. The van der Waals surface area contributed by atoms with Gasteiger partial charge in [0.1, 0.15) is 0 Å². The van der Waals surface area contributed by atoms with Gasteiger partial charge in [0.2, 0.25) is 6.79 Å². The average Bonchev–Trinajstić information content (AvgIpc) is 2.92. The largest absolute Gasteiger partial charge is 0.466 e. The normalized spacial score (nSPS) is 14.1. The van der Waals surface area contributed by atoms with Crippen molar-refractivity contribution >= 4 is 5.97 Å². The van der Waals surface area contributed by atoms with E-state index in [2.05, 4.69) is 0 Å². The zero-order chi connectivity index (χ0) is 14.4. The van der Waals surface area contributed by atoms with E-state index in [1.54, 1.807) is 18.2 Å². The zero-order valence-electron chi connectivity index (χ0n) is 11.6. The summed E-state index contributed by atoms with van der Waals surface area (Å²) in [6.45, 7) is 2.70. The highest BCUT2D eigenvalue weighted by molar-refractivity contribution is 5.69. The van der Waals surface area contributed by atoms with Crippen LogP contribution in [0.1, 0.15) is 44.3 Å². The number of benzene rings is 1. The number of fused-ring (bicyclic) bond motifs is 1. The lowest BCUT2D eigenvalue weighted by atomic mass is 10.0. The van der Waals surface area contributed by atoms with Crippen molar-refractivity contribution in [1.82, 2.24) is 0 Å². The Labute approximate surface area is 118 Å². The minimum absolute atomic E-state index is 0.207. The smallest absolute Gasteiger partial charge is 0.305 e. The van der Waals surface area contributed by atoms with E-state index < -0.39 is 6.10 Å². The van der Waals surface area contributed by atoms with Crippen LogP contribution in [0.25, 0.3) is 0 Å². The first-order chi connectivity index (χ1) is 9.70. The first kappa shape index (κ1) is 14.7. The SMILES string of the molecule is CCCCOC(=O)CCC(O)c1ccc2c(c1)OCO2. The van der Waals surface area contributed by atoms with Gasteiger partial charge in [0.15, 0.2) is 11.5 Å². The monoisotopic (exact) mass is 280 g/mol. The van der Waals surface area contributed by atoms with Gasteiger partial charge >= 0.3 is 5.97 Å². The molecule has 1 aromatic carbocycles. The molecule has 5 nitrogen and oxygen atoms in total. The summed E-state index contributed by atoms with van der Waals surface area (Å²) in [5.41, 5.74) is 0.718. The summed E-state index contributed by atoms with van der Waals surface area (Å²) in [6, 6.07) is 5.29. The maximum atomic E-state index is 11.5. The van der Waals surface area contributed by atoms with E-state index in [-0.39, 0.29) is 19.2 Å². The summed E-state index contributed by atoms with van der Waals surface area (Å²) < 4.78 is 15.5. The van der Waals surface area contributed by atoms with E-state index in [9.17, 15) is 9.90 Å². The molecule has 0 aromatic heterocycles. The molecule has 0 saturated carbocycles. The molecule has 2 rings (SSSR count). The third-order valence-corrected chi connectivity index (χ3v) is 3.16. The minimum atomic E-state index is -0.705. The van der Waals surface area contributed by atoms with E-state index in [0.29, 0.717) is 24.5 Å². The van der Waals surface area contributed by atoms with Gasteiger partial charge in [-0.1, -0.05) is 19.4 Å². The molecular formula is C15H20O5. The molecule has 0 saturated heterocycles. The first-order valence-corrected chi connectivity index (χ1v) is 6.94. The molecule has 20 heavy (non-hydrogen) atoms. The molecule has 0 bridgehead atoms. The predicted octanol–water partition coefficient (Wildman–Crippen LogP) is 2.57. The van der Waals surface area contributed by atoms with E-state index in [4.69, 9.17) is 14.2 Å². The highest BCUT2D eigenvalue weighted by Crippen LogP contribution is 2.34. The lowest BCUT2D eigenvalue weighted by Crippen LogP contribution is -2.08. The molecule has 1 N–H and O–H groups in total. The summed E-state index contributed by atoms with van der Waals surface area (Å²) in [5.74, 6) is 1.05. The molecule has 110 valence electrons.